The number of unbranched alkanes of at least 4 members (excludes halogenated alkanes) is 5. The van der Waals surface area contributed by atoms with E-state index in [2.05, 4.69) is 13.8 Å². The summed E-state index contributed by atoms with van der Waals surface area (Å²) >= 11 is 0. The van der Waals surface area contributed by atoms with Gasteiger partial charge in [-0.3, -0.25) is 9.59 Å². The lowest BCUT2D eigenvalue weighted by atomic mass is 9.72. The molecule has 288 valence electrons. The molecule has 0 amide bonds. The molecule has 4 unspecified atom stereocenters. The molecule has 1 aliphatic rings. The maximum atomic E-state index is 14.3. The van der Waals surface area contributed by atoms with E-state index in [1.807, 2.05) is 46.8 Å². The summed E-state index contributed by atoms with van der Waals surface area (Å²) in [5.74, 6) is -3.04. The predicted octanol–water partition coefficient (Wildman–Crippen LogP) is 8.33. The standard InChI is InChI=1S/C39H66O9S2/c1-8-11-13-17-25-50(45,46)29-35(28-49(43,44)24-16-12-9-2)47-36(41)32(10-3)27-38(7,26-31(6)33-18-20-34(40)21-19-33)37(42)48-39(30(4)5)22-14-15-23-39/h18-21,30-32,35,40H,8-17,22-29H2,1-7H3. The summed E-state index contributed by atoms with van der Waals surface area (Å²) in [6, 6.07) is 6.85. The van der Waals surface area contributed by atoms with Gasteiger partial charge in [0, 0.05) is 0 Å². The van der Waals surface area contributed by atoms with Crippen molar-refractivity contribution in [3.8, 4) is 5.75 Å². The van der Waals surface area contributed by atoms with Gasteiger partial charge in [0.2, 0.25) is 0 Å². The minimum Gasteiger partial charge on any atom is -0.508 e. The highest BCUT2D eigenvalue weighted by Crippen LogP contribution is 2.45. The fraction of sp³-hybridized carbons (Fsp3) is 0.795. The molecule has 0 spiro atoms. The lowest BCUT2D eigenvalue weighted by molar-refractivity contribution is -0.179. The van der Waals surface area contributed by atoms with Crippen LogP contribution in [0.1, 0.15) is 150 Å². The van der Waals surface area contributed by atoms with Crippen molar-refractivity contribution < 1.29 is 41.0 Å². The first kappa shape index (κ1) is 44.0. The first-order valence-electron chi connectivity index (χ1n) is 19.0. The highest BCUT2D eigenvalue weighted by atomic mass is 32.2. The number of esters is 2. The Labute approximate surface area is 303 Å². The molecular weight excluding hydrogens is 677 g/mol. The zero-order valence-electron chi connectivity index (χ0n) is 31.9. The van der Waals surface area contributed by atoms with Gasteiger partial charge in [0.05, 0.1) is 34.3 Å². The van der Waals surface area contributed by atoms with Crippen LogP contribution in [0.5, 0.6) is 5.75 Å². The van der Waals surface area contributed by atoms with Crippen LogP contribution in [0, 0.1) is 17.3 Å². The fourth-order valence-electron chi connectivity index (χ4n) is 7.29. The molecule has 1 saturated carbocycles. The normalized spacial score (nSPS) is 17.9. The Morgan fingerprint density at radius 3 is 1.84 bits per heavy atom. The van der Waals surface area contributed by atoms with Crippen LogP contribution in [-0.2, 0) is 38.7 Å². The van der Waals surface area contributed by atoms with E-state index in [9.17, 15) is 31.5 Å². The molecule has 0 bridgehead atoms. The Bertz CT molecular complexity index is 1400. The van der Waals surface area contributed by atoms with Crippen LogP contribution in [-0.4, -0.2) is 68.6 Å². The zero-order valence-corrected chi connectivity index (χ0v) is 33.5. The molecule has 2 rings (SSSR count). The van der Waals surface area contributed by atoms with Crippen LogP contribution in [0.2, 0.25) is 0 Å². The van der Waals surface area contributed by atoms with E-state index in [0.717, 1.165) is 63.4 Å². The maximum absolute atomic E-state index is 14.3. The summed E-state index contributed by atoms with van der Waals surface area (Å²) in [5.41, 5.74) is -0.769. The van der Waals surface area contributed by atoms with Crippen LogP contribution < -0.4 is 0 Å². The second kappa shape index (κ2) is 20.2. The Balaban J connectivity index is 2.39. The molecule has 0 saturated heterocycles. The molecule has 0 aliphatic heterocycles. The van der Waals surface area contributed by atoms with Gasteiger partial charge < -0.3 is 14.6 Å². The third-order valence-corrected chi connectivity index (χ3v) is 14.1. The summed E-state index contributed by atoms with van der Waals surface area (Å²) < 4.78 is 64.8. The lowest BCUT2D eigenvalue weighted by Crippen LogP contribution is -2.44. The third kappa shape index (κ3) is 14.1. The van der Waals surface area contributed by atoms with Gasteiger partial charge in [0.25, 0.3) is 0 Å². The third-order valence-electron chi connectivity index (χ3n) is 10.6. The van der Waals surface area contributed by atoms with E-state index < -0.39 is 60.2 Å². The summed E-state index contributed by atoms with van der Waals surface area (Å²) in [5, 5.41) is 9.84. The smallest absolute Gasteiger partial charge is 0.312 e. The van der Waals surface area contributed by atoms with Gasteiger partial charge in [-0.05, 0) is 94.2 Å². The average Bonchev–Trinajstić information content (AvgIpc) is 3.51. The van der Waals surface area contributed by atoms with Crippen molar-refractivity contribution in [1.29, 1.82) is 0 Å². The molecule has 11 heteroatoms. The fourth-order valence-corrected chi connectivity index (χ4v) is 10.6. The molecule has 1 aromatic carbocycles. The summed E-state index contributed by atoms with van der Waals surface area (Å²) in [6.07, 6.45) is 8.03. The van der Waals surface area contributed by atoms with E-state index in [-0.39, 0.29) is 41.5 Å². The van der Waals surface area contributed by atoms with Crippen LogP contribution in [0.25, 0.3) is 0 Å². The van der Waals surface area contributed by atoms with Crippen molar-refractivity contribution >= 4 is 31.6 Å². The molecule has 50 heavy (non-hydrogen) atoms. The van der Waals surface area contributed by atoms with Crippen molar-refractivity contribution in [2.24, 2.45) is 17.3 Å². The summed E-state index contributed by atoms with van der Waals surface area (Å²) in [4.78, 5) is 28.3. The molecule has 1 N–H and O–H groups in total. The quantitative estimate of drug-likeness (QED) is 0.0817. The van der Waals surface area contributed by atoms with Crippen LogP contribution in [0.3, 0.4) is 0 Å². The van der Waals surface area contributed by atoms with E-state index in [1.165, 1.54) is 0 Å². The second-order valence-electron chi connectivity index (χ2n) is 15.4. The topological polar surface area (TPSA) is 141 Å². The summed E-state index contributed by atoms with van der Waals surface area (Å²) in [6.45, 7) is 13.8. The number of hydrogen-bond acceptors (Lipinski definition) is 9. The van der Waals surface area contributed by atoms with Gasteiger partial charge in [0.15, 0.2) is 19.7 Å². The van der Waals surface area contributed by atoms with Gasteiger partial charge in [-0.2, -0.15) is 0 Å². The minimum absolute atomic E-state index is 0.0925. The van der Waals surface area contributed by atoms with Crippen LogP contribution >= 0.6 is 0 Å². The Morgan fingerprint density at radius 1 is 0.820 bits per heavy atom. The van der Waals surface area contributed by atoms with Gasteiger partial charge in [0.1, 0.15) is 17.5 Å². The molecular formula is C39H66O9S2. The molecule has 9 nitrogen and oxygen atoms in total. The summed E-state index contributed by atoms with van der Waals surface area (Å²) in [7, 11) is -7.39. The molecule has 1 aliphatic carbocycles. The van der Waals surface area contributed by atoms with Gasteiger partial charge in [-0.15, -0.1) is 0 Å². The Hall–Kier alpha value is -2.14. The van der Waals surface area contributed by atoms with E-state index in [4.69, 9.17) is 9.47 Å². The number of carbonyl (C=O) groups is 2. The highest BCUT2D eigenvalue weighted by molar-refractivity contribution is 7.92. The predicted molar refractivity (Wildman–Crippen MR) is 201 cm³/mol. The van der Waals surface area contributed by atoms with E-state index >= 15 is 0 Å². The molecule has 0 heterocycles. The number of phenols is 1. The number of aromatic hydroxyl groups is 1. The number of carbonyl (C=O) groups excluding carboxylic acids is 2. The minimum atomic E-state index is -3.70. The number of benzene rings is 1. The molecule has 0 radical (unpaired) electrons. The number of sulfone groups is 2. The van der Waals surface area contributed by atoms with Gasteiger partial charge in [-0.1, -0.05) is 85.8 Å². The first-order chi connectivity index (χ1) is 23.4. The SMILES string of the molecule is CCCCCCS(=O)(=O)CC(CS(=O)(=O)CCCCC)OC(=O)C(CC)CC(C)(CC(C)c1ccc(O)cc1)C(=O)OC1(C(C)C)CCCC1. The van der Waals surface area contributed by atoms with Crippen LogP contribution in [0.4, 0.5) is 0 Å². The molecule has 1 fully saturated rings. The van der Waals surface area contributed by atoms with Crippen molar-refractivity contribution in [2.75, 3.05) is 23.0 Å². The van der Waals surface area contributed by atoms with Gasteiger partial charge >= 0.3 is 11.9 Å². The molecule has 0 aromatic heterocycles. The first-order valence-corrected chi connectivity index (χ1v) is 22.7. The second-order valence-corrected chi connectivity index (χ2v) is 19.9. The van der Waals surface area contributed by atoms with E-state index in [0.29, 0.717) is 25.7 Å². The Kier molecular flexibility index (Phi) is 17.8. The van der Waals surface area contributed by atoms with Crippen molar-refractivity contribution in [3.05, 3.63) is 29.8 Å². The van der Waals surface area contributed by atoms with Crippen molar-refractivity contribution in [2.45, 2.75) is 156 Å². The molecule has 4 atom stereocenters. The number of rotatable bonds is 24. The van der Waals surface area contributed by atoms with Crippen molar-refractivity contribution in [3.63, 3.8) is 0 Å². The average molecular weight is 743 g/mol. The monoisotopic (exact) mass is 742 g/mol. The highest BCUT2D eigenvalue weighted by Gasteiger charge is 2.47. The number of ether oxygens (including phenoxy) is 2. The lowest BCUT2D eigenvalue weighted by Gasteiger charge is -2.39. The number of hydrogen-bond donors (Lipinski definition) is 1. The van der Waals surface area contributed by atoms with Crippen LogP contribution in [0.15, 0.2) is 24.3 Å². The largest absolute Gasteiger partial charge is 0.508 e. The maximum Gasteiger partial charge on any atom is 0.312 e. The van der Waals surface area contributed by atoms with Gasteiger partial charge in [-0.25, -0.2) is 16.8 Å². The van der Waals surface area contributed by atoms with E-state index in [1.54, 1.807) is 12.1 Å². The van der Waals surface area contributed by atoms with Crippen molar-refractivity contribution in [1.82, 2.24) is 0 Å². The molecule has 1 aromatic rings. The Morgan fingerprint density at radius 2 is 1.34 bits per heavy atom. The zero-order chi connectivity index (χ0) is 37.6. The number of phenolic OH excluding ortho intramolecular Hbond substituents is 1.